The Morgan fingerprint density at radius 1 is 0.290 bits per heavy atom. The van der Waals surface area contributed by atoms with Crippen LogP contribution in [-0.4, -0.2) is 0 Å². The van der Waals surface area contributed by atoms with Crippen LogP contribution in [0.2, 0.25) is 0 Å². The maximum Gasteiger partial charge on any atom is 0.0546 e. The summed E-state index contributed by atoms with van der Waals surface area (Å²) in [6.07, 6.45) is 0. The van der Waals surface area contributed by atoms with Gasteiger partial charge in [0, 0.05) is 22.4 Å². The molecule has 0 heterocycles. The highest BCUT2D eigenvalue weighted by Crippen LogP contribution is 2.51. The highest BCUT2D eigenvalue weighted by atomic mass is 15.1. The zero-order chi connectivity index (χ0) is 41.6. The van der Waals surface area contributed by atoms with Gasteiger partial charge < -0.3 is 4.90 Å². The second kappa shape index (κ2) is 15.4. The van der Waals surface area contributed by atoms with E-state index in [2.05, 4.69) is 255 Å². The minimum absolute atomic E-state index is 0.0645. The molecule has 0 radical (unpaired) electrons. The monoisotopic (exact) mass is 791 g/mol. The van der Waals surface area contributed by atoms with Gasteiger partial charge in [0.1, 0.15) is 0 Å². The number of hydrogen-bond donors (Lipinski definition) is 0. The second-order valence-corrected chi connectivity index (χ2v) is 16.9. The Morgan fingerprint density at radius 2 is 0.823 bits per heavy atom. The molecule has 0 amide bonds. The van der Waals surface area contributed by atoms with E-state index in [0.29, 0.717) is 0 Å². The average molecular weight is 792 g/mol. The molecule has 62 heavy (non-hydrogen) atoms. The molecule has 0 bridgehead atoms. The van der Waals surface area contributed by atoms with Crippen molar-refractivity contribution in [1.29, 1.82) is 0 Å². The van der Waals surface area contributed by atoms with Crippen LogP contribution in [0.5, 0.6) is 0 Å². The number of fused-ring (bicyclic) bond motifs is 4. The first-order valence-corrected chi connectivity index (χ1v) is 21.6. The van der Waals surface area contributed by atoms with Crippen molar-refractivity contribution in [2.75, 3.05) is 4.90 Å². The van der Waals surface area contributed by atoms with Crippen molar-refractivity contribution in [3.05, 3.63) is 248 Å². The van der Waals surface area contributed by atoms with E-state index in [9.17, 15) is 0 Å². The van der Waals surface area contributed by atoms with Crippen LogP contribution in [0.4, 0.5) is 17.1 Å². The third kappa shape index (κ3) is 6.51. The molecule has 0 N–H and O–H groups in total. The van der Waals surface area contributed by atoms with Gasteiger partial charge >= 0.3 is 0 Å². The lowest BCUT2D eigenvalue weighted by atomic mass is 9.81. The number of benzene rings is 10. The van der Waals surface area contributed by atoms with Gasteiger partial charge in [0.25, 0.3) is 0 Å². The summed E-state index contributed by atoms with van der Waals surface area (Å²) >= 11 is 0. The number of nitrogens with zero attached hydrogens (tertiary/aromatic N) is 1. The number of rotatable bonds is 8. The average Bonchev–Trinajstić information content (AvgIpc) is 3.57. The predicted molar refractivity (Wildman–Crippen MR) is 263 cm³/mol. The Kier molecular flexibility index (Phi) is 9.24. The molecular formula is C61H45N. The van der Waals surface area contributed by atoms with Gasteiger partial charge in [-0.1, -0.05) is 208 Å². The van der Waals surface area contributed by atoms with Gasteiger partial charge in [0.15, 0.2) is 0 Å². The van der Waals surface area contributed by atoms with E-state index in [0.717, 1.165) is 17.1 Å². The van der Waals surface area contributed by atoms with Crippen LogP contribution in [0.25, 0.3) is 77.5 Å². The van der Waals surface area contributed by atoms with Crippen molar-refractivity contribution in [1.82, 2.24) is 0 Å². The van der Waals surface area contributed by atoms with Gasteiger partial charge in [-0.2, -0.15) is 0 Å². The quantitative estimate of drug-likeness (QED) is 0.148. The fourth-order valence-corrected chi connectivity index (χ4v) is 9.75. The molecule has 10 aromatic rings. The molecular weight excluding hydrogens is 747 g/mol. The van der Waals surface area contributed by atoms with E-state index < -0.39 is 0 Å². The molecule has 10 aromatic carbocycles. The Labute approximate surface area is 364 Å². The Balaban J connectivity index is 1.11. The Morgan fingerprint density at radius 3 is 1.60 bits per heavy atom. The van der Waals surface area contributed by atoms with Crippen LogP contribution in [0, 0.1) is 0 Å². The fraction of sp³-hybridized carbons (Fsp3) is 0.0492. The summed E-state index contributed by atoms with van der Waals surface area (Å²) in [5.41, 5.74) is 20.6. The van der Waals surface area contributed by atoms with E-state index in [-0.39, 0.29) is 5.41 Å². The number of hydrogen-bond acceptors (Lipinski definition) is 1. The molecule has 11 rings (SSSR count). The molecule has 294 valence electrons. The molecule has 0 aromatic heterocycles. The molecule has 1 aliphatic carbocycles. The van der Waals surface area contributed by atoms with Crippen LogP contribution in [0.3, 0.4) is 0 Å². The maximum absolute atomic E-state index is 2.46. The molecule has 0 saturated heterocycles. The van der Waals surface area contributed by atoms with Crippen LogP contribution in [0.1, 0.15) is 25.0 Å². The summed E-state index contributed by atoms with van der Waals surface area (Å²) < 4.78 is 0. The van der Waals surface area contributed by atoms with Crippen LogP contribution in [-0.2, 0) is 5.41 Å². The Bertz CT molecular complexity index is 3250. The SMILES string of the molecule is CC1(C)c2ccccc2-c2ccc(-c3ccc(N(c4cccc(-c5ccc6ccccc6c5)c4)c4cccc(-c5ccccc5)c4-c4ccccc4-c4ccccc4)cc3)cc21. The largest absolute Gasteiger partial charge is 0.310 e. The highest BCUT2D eigenvalue weighted by molar-refractivity contribution is 6.01. The molecule has 1 heteroatoms. The topological polar surface area (TPSA) is 3.24 Å². The van der Waals surface area contributed by atoms with E-state index in [1.807, 2.05) is 0 Å². The van der Waals surface area contributed by atoms with Crippen molar-refractivity contribution < 1.29 is 0 Å². The van der Waals surface area contributed by atoms with Gasteiger partial charge in [-0.25, -0.2) is 0 Å². The third-order valence-corrected chi connectivity index (χ3v) is 12.9. The lowest BCUT2D eigenvalue weighted by Gasteiger charge is -2.30. The molecule has 1 aliphatic rings. The Hall–Kier alpha value is -7.74. The van der Waals surface area contributed by atoms with E-state index in [1.165, 1.54) is 88.7 Å². The summed E-state index contributed by atoms with van der Waals surface area (Å²) in [4.78, 5) is 2.46. The molecule has 0 unspecified atom stereocenters. The summed E-state index contributed by atoms with van der Waals surface area (Å²) in [5.74, 6) is 0. The first-order chi connectivity index (χ1) is 30.5. The number of anilines is 3. The highest BCUT2D eigenvalue weighted by Gasteiger charge is 2.35. The van der Waals surface area contributed by atoms with Crippen LogP contribution < -0.4 is 4.90 Å². The molecule has 1 nitrogen and oxygen atoms in total. The van der Waals surface area contributed by atoms with Crippen molar-refractivity contribution in [2.24, 2.45) is 0 Å². The summed E-state index contributed by atoms with van der Waals surface area (Å²) in [7, 11) is 0. The predicted octanol–water partition coefficient (Wildman–Crippen LogP) is 17.0. The second-order valence-electron chi connectivity index (χ2n) is 16.9. The molecule has 0 spiro atoms. The lowest BCUT2D eigenvalue weighted by Crippen LogP contribution is -2.14. The minimum atomic E-state index is -0.0645. The summed E-state index contributed by atoms with van der Waals surface area (Å²) in [5, 5.41) is 2.47. The van der Waals surface area contributed by atoms with Gasteiger partial charge in [-0.3, -0.25) is 0 Å². The first-order valence-electron chi connectivity index (χ1n) is 21.6. The fourth-order valence-electron chi connectivity index (χ4n) is 9.75. The van der Waals surface area contributed by atoms with Crippen LogP contribution in [0.15, 0.2) is 237 Å². The zero-order valence-corrected chi connectivity index (χ0v) is 35.0. The van der Waals surface area contributed by atoms with Gasteiger partial charge in [-0.15, -0.1) is 0 Å². The standard InChI is InChI=1S/C61H45N/c1-61(2)57-29-14-13-26-54(57)55-38-35-49(41-58(55)61)43-33-36-50(37-34-43)62(51-24-15-23-47(40-51)48-32-31-42-17-9-10-22-46(42)39-48)59-30-16-28-53(45-20-7-4-8-21-45)60(59)56-27-12-11-25-52(56)44-18-5-3-6-19-44/h3-41H,1-2H3. The van der Waals surface area contributed by atoms with E-state index >= 15 is 0 Å². The van der Waals surface area contributed by atoms with Gasteiger partial charge in [0.2, 0.25) is 0 Å². The van der Waals surface area contributed by atoms with Crippen molar-refractivity contribution >= 4 is 27.8 Å². The molecule has 0 atom stereocenters. The lowest BCUT2D eigenvalue weighted by molar-refractivity contribution is 0.660. The minimum Gasteiger partial charge on any atom is -0.310 e. The molecule has 0 fully saturated rings. The van der Waals surface area contributed by atoms with Crippen molar-refractivity contribution in [2.45, 2.75) is 19.3 Å². The van der Waals surface area contributed by atoms with Crippen molar-refractivity contribution in [3.8, 4) is 66.8 Å². The van der Waals surface area contributed by atoms with Crippen LogP contribution >= 0.6 is 0 Å². The summed E-state index contributed by atoms with van der Waals surface area (Å²) in [6.45, 7) is 4.71. The molecule has 0 saturated carbocycles. The van der Waals surface area contributed by atoms with Crippen molar-refractivity contribution in [3.63, 3.8) is 0 Å². The van der Waals surface area contributed by atoms with Gasteiger partial charge in [-0.05, 0) is 126 Å². The maximum atomic E-state index is 2.46. The molecule has 0 aliphatic heterocycles. The third-order valence-electron chi connectivity index (χ3n) is 12.9. The first kappa shape index (κ1) is 37.3. The van der Waals surface area contributed by atoms with E-state index in [4.69, 9.17) is 0 Å². The van der Waals surface area contributed by atoms with Gasteiger partial charge in [0.05, 0.1) is 5.69 Å². The van der Waals surface area contributed by atoms with E-state index in [1.54, 1.807) is 0 Å². The summed E-state index contributed by atoms with van der Waals surface area (Å²) in [6, 6.07) is 86.7. The zero-order valence-electron chi connectivity index (χ0n) is 35.0. The smallest absolute Gasteiger partial charge is 0.0546 e. The normalized spacial score (nSPS) is 12.5.